The average molecular weight is 511 g/mol. The molecule has 0 aromatic heterocycles. The van der Waals surface area contributed by atoms with Crippen molar-refractivity contribution in [3.63, 3.8) is 0 Å². The molecule has 7 heteroatoms. The molecule has 0 aliphatic carbocycles. The van der Waals surface area contributed by atoms with Gasteiger partial charge in [0.05, 0.1) is 18.4 Å². The zero-order valence-corrected chi connectivity index (χ0v) is 21.3. The van der Waals surface area contributed by atoms with Crippen molar-refractivity contribution in [2.45, 2.75) is 17.1 Å². The maximum Gasteiger partial charge on any atom is 0.339 e. The molecule has 2 N–H and O–H groups in total. The van der Waals surface area contributed by atoms with Crippen LogP contribution in [0.25, 0.3) is 0 Å². The first kappa shape index (κ1) is 25.7. The van der Waals surface area contributed by atoms with E-state index in [2.05, 4.69) is 10.6 Å². The van der Waals surface area contributed by atoms with Crippen LogP contribution in [-0.2, 0) is 9.53 Å². The van der Waals surface area contributed by atoms with Crippen molar-refractivity contribution in [3.8, 4) is 0 Å². The number of carbonyl (C=O) groups excluding carboxylic acids is 3. The number of esters is 1. The number of methoxy groups -OCH3 is 1. The predicted octanol–water partition coefficient (Wildman–Crippen LogP) is 6.51. The molecule has 1 unspecified atom stereocenters. The Labute approximate surface area is 220 Å². The van der Waals surface area contributed by atoms with E-state index >= 15 is 0 Å². The van der Waals surface area contributed by atoms with E-state index in [1.54, 1.807) is 42.5 Å². The number of benzene rings is 4. The van der Waals surface area contributed by atoms with E-state index in [0.717, 1.165) is 16.0 Å². The van der Waals surface area contributed by atoms with Crippen LogP contribution in [-0.4, -0.2) is 24.9 Å². The highest BCUT2D eigenvalue weighted by Gasteiger charge is 2.24. The number of amides is 2. The fourth-order valence-corrected chi connectivity index (χ4v) is 4.75. The van der Waals surface area contributed by atoms with E-state index < -0.39 is 11.2 Å². The van der Waals surface area contributed by atoms with Gasteiger partial charge in [0.1, 0.15) is 5.25 Å². The number of aryl methyl sites for hydroxylation is 1. The third kappa shape index (κ3) is 6.65. The first-order valence-corrected chi connectivity index (χ1v) is 12.5. The molecule has 0 aliphatic heterocycles. The van der Waals surface area contributed by atoms with Crippen molar-refractivity contribution in [1.82, 2.24) is 0 Å². The van der Waals surface area contributed by atoms with Gasteiger partial charge in [0.25, 0.3) is 5.91 Å². The summed E-state index contributed by atoms with van der Waals surface area (Å²) in [6.07, 6.45) is 0. The lowest BCUT2D eigenvalue weighted by atomic mass is 10.1. The molecule has 4 rings (SSSR count). The maximum atomic E-state index is 13.5. The SMILES string of the molecule is COC(=O)c1ccccc1NC(=O)C(Sc1cccc(NC(=O)c2ccc(C)cc2)c1)c1ccccc1. The maximum absolute atomic E-state index is 13.5. The van der Waals surface area contributed by atoms with Gasteiger partial charge < -0.3 is 15.4 Å². The Morgan fingerprint density at radius 2 is 1.49 bits per heavy atom. The Morgan fingerprint density at radius 3 is 2.22 bits per heavy atom. The highest BCUT2D eigenvalue weighted by atomic mass is 32.2. The smallest absolute Gasteiger partial charge is 0.339 e. The normalized spacial score (nSPS) is 11.3. The largest absolute Gasteiger partial charge is 0.465 e. The Hall–Kier alpha value is -4.36. The molecular formula is C30H26N2O4S. The van der Waals surface area contributed by atoms with Crippen LogP contribution in [0, 0.1) is 6.92 Å². The molecule has 4 aromatic carbocycles. The molecule has 1 atom stereocenters. The number of carbonyl (C=O) groups is 3. The Balaban J connectivity index is 1.56. The first-order chi connectivity index (χ1) is 17.9. The quantitative estimate of drug-likeness (QED) is 0.209. The summed E-state index contributed by atoms with van der Waals surface area (Å²) >= 11 is 1.35. The van der Waals surface area contributed by atoms with Gasteiger partial charge in [-0.2, -0.15) is 0 Å². The predicted molar refractivity (Wildman–Crippen MR) is 147 cm³/mol. The van der Waals surface area contributed by atoms with Crippen molar-refractivity contribution in [1.29, 1.82) is 0 Å². The molecule has 0 bridgehead atoms. The summed E-state index contributed by atoms with van der Waals surface area (Å²) in [5.41, 5.74) is 3.72. The zero-order valence-electron chi connectivity index (χ0n) is 20.4. The minimum Gasteiger partial charge on any atom is -0.465 e. The summed E-state index contributed by atoms with van der Waals surface area (Å²) in [7, 11) is 1.30. The molecule has 0 aliphatic rings. The number of anilines is 2. The standard InChI is InChI=1S/C30H26N2O4S/c1-20-15-17-22(18-16-20)28(33)31-23-11-8-12-24(19-23)37-27(21-9-4-3-5-10-21)29(34)32-26-14-7-6-13-25(26)30(35)36-2/h3-19,27H,1-2H3,(H,31,33)(H,32,34). The average Bonchev–Trinajstić information content (AvgIpc) is 2.92. The first-order valence-electron chi connectivity index (χ1n) is 11.6. The monoisotopic (exact) mass is 510 g/mol. The third-order valence-corrected chi connectivity index (χ3v) is 6.84. The molecular weight excluding hydrogens is 484 g/mol. The van der Waals surface area contributed by atoms with Crippen LogP contribution in [0.15, 0.2) is 108 Å². The van der Waals surface area contributed by atoms with Crippen molar-refractivity contribution in [2.24, 2.45) is 0 Å². The number of thioether (sulfide) groups is 1. The Kier molecular flexibility index (Phi) is 8.38. The third-order valence-electron chi connectivity index (χ3n) is 5.59. The van der Waals surface area contributed by atoms with E-state index in [1.807, 2.05) is 67.6 Å². The fraction of sp³-hybridized carbons (Fsp3) is 0.100. The summed E-state index contributed by atoms with van der Waals surface area (Å²) in [6.45, 7) is 1.97. The van der Waals surface area contributed by atoms with Crippen LogP contribution in [0.1, 0.15) is 37.1 Å². The molecule has 186 valence electrons. The molecule has 0 radical (unpaired) electrons. The van der Waals surface area contributed by atoms with Crippen LogP contribution in [0.4, 0.5) is 11.4 Å². The number of hydrogen-bond acceptors (Lipinski definition) is 5. The van der Waals surface area contributed by atoms with Crippen LogP contribution in [0.2, 0.25) is 0 Å². The molecule has 0 saturated heterocycles. The number of nitrogens with one attached hydrogen (secondary N) is 2. The van der Waals surface area contributed by atoms with Gasteiger partial charge in [-0.1, -0.05) is 66.2 Å². The molecule has 4 aromatic rings. The summed E-state index contributed by atoms with van der Waals surface area (Å²) < 4.78 is 4.85. The lowest BCUT2D eigenvalue weighted by Gasteiger charge is -2.18. The van der Waals surface area contributed by atoms with E-state index in [9.17, 15) is 14.4 Å². The summed E-state index contributed by atoms with van der Waals surface area (Å²) in [5.74, 6) is -1.03. The van der Waals surface area contributed by atoms with Crippen LogP contribution >= 0.6 is 11.8 Å². The molecule has 0 heterocycles. The Morgan fingerprint density at radius 1 is 0.784 bits per heavy atom. The van der Waals surface area contributed by atoms with Gasteiger partial charge in [0.15, 0.2) is 0 Å². The molecule has 37 heavy (non-hydrogen) atoms. The number of hydrogen-bond donors (Lipinski definition) is 2. The second kappa shape index (κ2) is 12.1. The summed E-state index contributed by atoms with van der Waals surface area (Å²) in [4.78, 5) is 39.2. The molecule has 6 nitrogen and oxygen atoms in total. The summed E-state index contributed by atoms with van der Waals surface area (Å²) in [5, 5.41) is 5.19. The minimum atomic E-state index is -0.616. The van der Waals surface area contributed by atoms with E-state index in [4.69, 9.17) is 4.74 Å². The number of para-hydroxylation sites is 1. The van der Waals surface area contributed by atoms with Crippen molar-refractivity contribution >= 4 is 40.9 Å². The fourth-order valence-electron chi connectivity index (χ4n) is 3.67. The Bertz CT molecular complexity index is 1400. The van der Waals surface area contributed by atoms with Gasteiger partial charge in [-0.15, -0.1) is 11.8 Å². The minimum absolute atomic E-state index is 0.209. The second-order valence-corrected chi connectivity index (χ2v) is 9.46. The molecule has 0 fully saturated rings. The van der Waals surface area contributed by atoms with Gasteiger partial charge in [0.2, 0.25) is 5.91 Å². The van der Waals surface area contributed by atoms with Crippen LogP contribution < -0.4 is 10.6 Å². The van der Waals surface area contributed by atoms with Gasteiger partial charge in [-0.05, 0) is 55.0 Å². The zero-order chi connectivity index (χ0) is 26.2. The van der Waals surface area contributed by atoms with Crippen LogP contribution in [0.5, 0.6) is 0 Å². The highest BCUT2D eigenvalue weighted by molar-refractivity contribution is 8.00. The second-order valence-electron chi connectivity index (χ2n) is 8.28. The van der Waals surface area contributed by atoms with E-state index in [-0.39, 0.29) is 17.4 Å². The molecule has 0 spiro atoms. The van der Waals surface area contributed by atoms with Gasteiger partial charge in [-0.3, -0.25) is 9.59 Å². The number of ether oxygens (including phenoxy) is 1. The van der Waals surface area contributed by atoms with Gasteiger partial charge in [-0.25, -0.2) is 4.79 Å². The highest BCUT2D eigenvalue weighted by Crippen LogP contribution is 2.37. The van der Waals surface area contributed by atoms with Gasteiger partial charge in [0, 0.05) is 16.1 Å². The van der Waals surface area contributed by atoms with Crippen molar-refractivity contribution in [3.05, 3.63) is 125 Å². The van der Waals surface area contributed by atoms with E-state index in [0.29, 0.717) is 16.9 Å². The summed E-state index contributed by atoms with van der Waals surface area (Å²) in [6, 6.07) is 30.8. The van der Waals surface area contributed by atoms with E-state index in [1.165, 1.54) is 18.9 Å². The lowest BCUT2D eigenvalue weighted by Crippen LogP contribution is -2.21. The number of rotatable bonds is 8. The van der Waals surface area contributed by atoms with Crippen molar-refractivity contribution < 1.29 is 19.1 Å². The van der Waals surface area contributed by atoms with Gasteiger partial charge >= 0.3 is 5.97 Å². The van der Waals surface area contributed by atoms with Crippen molar-refractivity contribution in [2.75, 3.05) is 17.7 Å². The molecule has 0 saturated carbocycles. The lowest BCUT2D eigenvalue weighted by molar-refractivity contribution is -0.115. The molecule has 2 amide bonds. The van der Waals surface area contributed by atoms with Crippen LogP contribution in [0.3, 0.4) is 0 Å². The topological polar surface area (TPSA) is 84.5 Å².